The zero-order valence-corrected chi connectivity index (χ0v) is 18.0. The normalized spacial score (nSPS) is 16.2. The molecule has 1 heterocycles. The Morgan fingerprint density at radius 2 is 1.54 bits per heavy atom. The van der Waals surface area contributed by atoms with Gasteiger partial charge in [0.05, 0.1) is 11.2 Å². The molecule has 0 aromatic heterocycles. The van der Waals surface area contributed by atoms with E-state index in [2.05, 4.69) is 9.62 Å². The zero-order chi connectivity index (χ0) is 20.5. The number of piperazine rings is 1. The standard InChI is InChI=1S/C18H22ClN3O4S2/c1-14-3-4-15(19)13-18(14)28(25,26)22-11-9-21(10-12-22)17-7-5-16(6-8-17)20-27(2,23)24/h3-8,13,20H,9-12H2,1-2H3. The van der Waals surface area contributed by atoms with E-state index >= 15 is 0 Å². The Kier molecular flexibility index (Phi) is 5.90. The van der Waals surface area contributed by atoms with Crippen LogP contribution in [-0.4, -0.2) is 53.6 Å². The number of hydrogen-bond donors (Lipinski definition) is 1. The molecule has 2 aromatic rings. The Labute approximate surface area is 171 Å². The van der Waals surface area contributed by atoms with Crippen molar-refractivity contribution in [1.82, 2.24) is 4.31 Å². The number of hydrogen-bond acceptors (Lipinski definition) is 5. The van der Waals surface area contributed by atoms with Gasteiger partial charge in [0, 0.05) is 42.6 Å². The fourth-order valence-electron chi connectivity index (χ4n) is 3.13. The molecule has 0 spiro atoms. The first kappa shape index (κ1) is 20.9. The van der Waals surface area contributed by atoms with Crippen LogP contribution in [0, 0.1) is 6.92 Å². The number of aryl methyl sites for hydroxylation is 1. The predicted molar refractivity (Wildman–Crippen MR) is 112 cm³/mol. The number of benzene rings is 2. The molecule has 28 heavy (non-hydrogen) atoms. The summed E-state index contributed by atoms with van der Waals surface area (Å²) in [5.74, 6) is 0. The Morgan fingerprint density at radius 3 is 2.11 bits per heavy atom. The van der Waals surface area contributed by atoms with Crippen LogP contribution in [0.4, 0.5) is 11.4 Å². The second-order valence-electron chi connectivity index (χ2n) is 6.72. The zero-order valence-electron chi connectivity index (χ0n) is 15.6. The molecule has 3 rings (SSSR count). The van der Waals surface area contributed by atoms with E-state index in [1.54, 1.807) is 31.2 Å². The fraction of sp³-hybridized carbons (Fsp3) is 0.333. The summed E-state index contributed by atoms with van der Waals surface area (Å²) in [6, 6.07) is 11.9. The van der Waals surface area contributed by atoms with Crippen LogP contribution in [0.15, 0.2) is 47.4 Å². The summed E-state index contributed by atoms with van der Waals surface area (Å²) in [7, 11) is -6.92. The number of nitrogens with one attached hydrogen (secondary N) is 1. The maximum absolute atomic E-state index is 13.0. The van der Waals surface area contributed by atoms with Gasteiger partial charge in [0.2, 0.25) is 20.0 Å². The highest BCUT2D eigenvalue weighted by Crippen LogP contribution is 2.26. The number of halogens is 1. The first-order valence-electron chi connectivity index (χ1n) is 8.65. The maximum Gasteiger partial charge on any atom is 0.243 e. The van der Waals surface area contributed by atoms with Crippen molar-refractivity contribution in [3.8, 4) is 0 Å². The Balaban J connectivity index is 1.69. The lowest BCUT2D eigenvalue weighted by atomic mass is 10.2. The molecule has 0 radical (unpaired) electrons. The minimum Gasteiger partial charge on any atom is -0.369 e. The quantitative estimate of drug-likeness (QED) is 0.767. The van der Waals surface area contributed by atoms with Crippen LogP contribution in [-0.2, 0) is 20.0 Å². The summed E-state index contributed by atoms with van der Waals surface area (Å²) in [6.45, 7) is 3.55. The van der Waals surface area contributed by atoms with Crippen LogP contribution < -0.4 is 9.62 Å². The van der Waals surface area contributed by atoms with E-state index in [1.807, 2.05) is 12.1 Å². The van der Waals surface area contributed by atoms with Gasteiger partial charge in [-0.3, -0.25) is 4.72 Å². The molecule has 0 saturated carbocycles. The van der Waals surface area contributed by atoms with Gasteiger partial charge in [-0.2, -0.15) is 4.31 Å². The van der Waals surface area contributed by atoms with E-state index in [0.29, 0.717) is 42.5 Å². The van der Waals surface area contributed by atoms with Crippen LogP contribution in [0.3, 0.4) is 0 Å². The lowest BCUT2D eigenvalue weighted by Gasteiger charge is -2.35. The summed E-state index contributed by atoms with van der Waals surface area (Å²) < 4.78 is 52.4. The van der Waals surface area contributed by atoms with Gasteiger partial charge < -0.3 is 4.90 Å². The summed E-state index contributed by atoms with van der Waals surface area (Å²) in [5, 5.41) is 0.394. The fourth-order valence-corrected chi connectivity index (χ4v) is 5.61. The van der Waals surface area contributed by atoms with E-state index < -0.39 is 20.0 Å². The Bertz CT molecular complexity index is 1060. The van der Waals surface area contributed by atoms with Gasteiger partial charge >= 0.3 is 0 Å². The lowest BCUT2D eigenvalue weighted by Crippen LogP contribution is -2.48. The smallest absolute Gasteiger partial charge is 0.243 e. The van der Waals surface area contributed by atoms with Crippen molar-refractivity contribution in [3.05, 3.63) is 53.1 Å². The van der Waals surface area contributed by atoms with Crippen LogP contribution in [0.2, 0.25) is 5.02 Å². The highest BCUT2D eigenvalue weighted by Gasteiger charge is 2.29. The molecule has 2 aromatic carbocycles. The first-order valence-corrected chi connectivity index (χ1v) is 12.4. The summed E-state index contributed by atoms with van der Waals surface area (Å²) in [6.07, 6.45) is 1.10. The van der Waals surface area contributed by atoms with E-state index in [9.17, 15) is 16.8 Å². The molecular formula is C18H22ClN3O4S2. The Hall–Kier alpha value is -1.81. The average molecular weight is 444 g/mol. The molecule has 1 fully saturated rings. The van der Waals surface area contributed by atoms with Crippen molar-refractivity contribution in [1.29, 1.82) is 0 Å². The SMILES string of the molecule is Cc1ccc(Cl)cc1S(=O)(=O)N1CCN(c2ccc(NS(C)(=O)=O)cc2)CC1. The van der Waals surface area contributed by atoms with Gasteiger partial charge in [-0.05, 0) is 48.9 Å². The van der Waals surface area contributed by atoms with Crippen molar-refractivity contribution in [2.75, 3.05) is 42.1 Å². The van der Waals surface area contributed by atoms with Crippen molar-refractivity contribution in [2.45, 2.75) is 11.8 Å². The highest BCUT2D eigenvalue weighted by atomic mass is 35.5. The van der Waals surface area contributed by atoms with E-state index in [-0.39, 0.29) is 4.90 Å². The molecule has 10 heteroatoms. The van der Waals surface area contributed by atoms with Gasteiger partial charge in [-0.25, -0.2) is 16.8 Å². The number of sulfonamides is 2. The molecule has 1 aliphatic rings. The van der Waals surface area contributed by atoms with Crippen molar-refractivity contribution in [3.63, 3.8) is 0 Å². The molecule has 1 N–H and O–H groups in total. The van der Waals surface area contributed by atoms with Gasteiger partial charge in [-0.1, -0.05) is 17.7 Å². The second kappa shape index (κ2) is 7.90. The summed E-state index contributed by atoms with van der Waals surface area (Å²) in [4.78, 5) is 2.31. The maximum atomic E-state index is 13.0. The molecule has 0 unspecified atom stereocenters. The summed E-state index contributed by atoms with van der Waals surface area (Å²) >= 11 is 5.98. The third-order valence-corrected chi connectivity index (χ3v) is 7.42. The highest BCUT2D eigenvalue weighted by molar-refractivity contribution is 7.92. The minimum atomic E-state index is -3.60. The van der Waals surface area contributed by atoms with Crippen molar-refractivity contribution >= 4 is 43.0 Å². The van der Waals surface area contributed by atoms with E-state index in [4.69, 9.17) is 11.6 Å². The second-order valence-corrected chi connectivity index (χ2v) is 10.8. The van der Waals surface area contributed by atoms with Crippen LogP contribution in [0.25, 0.3) is 0 Å². The van der Waals surface area contributed by atoms with Crippen molar-refractivity contribution < 1.29 is 16.8 Å². The molecular weight excluding hydrogens is 422 g/mol. The topological polar surface area (TPSA) is 86.8 Å². The van der Waals surface area contributed by atoms with E-state index in [1.165, 1.54) is 10.4 Å². The van der Waals surface area contributed by atoms with E-state index in [0.717, 1.165) is 11.9 Å². The number of nitrogens with zero attached hydrogens (tertiary/aromatic N) is 2. The molecule has 152 valence electrons. The molecule has 7 nitrogen and oxygen atoms in total. The van der Waals surface area contributed by atoms with Crippen LogP contribution in [0.5, 0.6) is 0 Å². The van der Waals surface area contributed by atoms with Gasteiger partial charge in [0.25, 0.3) is 0 Å². The average Bonchev–Trinajstić information content (AvgIpc) is 2.63. The molecule has 0 amide bonds. The minimum absolute atomic E-state index is 0.240. The van der Waals surface area contributed by atoms with Crippen molar-refractivity contribution in [2.24, 2.45) is 0 Å². The number of anilines is 2. The summed E-state index contributed by atoms with van der Waals surface area (Å²) in [5.41, 5.74) is 2.07. The van der Waals surface area contributed by atoms with Crippen LogP contribution >= 0.6 is 11.6 Å². The third-order valence-electron chi connectivity index (χ3n) is 4.54. The largest absolute Gasteiger partial charge is 0.369 e. The predicted octanol–water partition coefficient (Wildman–Crippen LogP) is 2.53. The van der Waals surface area contributed by atoms with Gasteiger partial charge in [0.15, 0.2) is 0 Å². The Morgan fingerprint density at radius 1 is 0.929 bits per heavy atom. The lowest BCUT2D eigenvalue weighted by molar-refractivity contribution is 0.384. The third kappa shape index (κ3) is 4.78. The molecule has 1 aliphatic heterocycles. The molecule has 0 bridgehead atoms. The molecule has 0 aliphatic carbocycles. The van der Waals surface area contributed by atoms with Crippen LogP contribution in [0.1, 0.15) is 5.56 Å². The first-order chi connectivity index (χ1) is 13.1. The molecule has 1 saturated heterocycles. The number of rotatable bonds is 5. The monoisotopic (exact) mass is 443 g/mol. The van der Waals surface area contributed by atoms with Gasteiger partial charge in [-0.15, -0.1) is 0 Å². The van der Waals surface area contributed by atoms with Gasteiger partial charge in [0.1, 0.15) is 0 Å². The molecule has 0 atom stereocenters.